The minimum atomic E-state index is 0.525. The Labute approximate surface area is 137 Å². The fourth-order valence-electron chi connectivity index (χ4n) is 2.26. The van der Waals surface area contributed by atoms with Gasteiger partial charge in [0, 0.05) is 0 Å². The Balaban J connectivity index is 1.51. The summed E-state index contributed by atoms with van der Waals surface area (Å²) < 4.78 is 11.6. The molecule has 23 heavy (non-hydrogen) atoms. The zero-order valence-corrected chi connectivity index (χ0v) is 12.9. The van der Waals surface area contributed by atoms with Crippen LogP contribution in [0.15, 0.2) is 78.9 Å². The Bertz CT molecular complexity index is 708. The van der Waals surface area contributed by atoms with Crippen molar-refractivity contribution in [3.05, 3.63) is 102 Å². The quantitative estimate of drug-likeness (QED) is 0.625. The normalized spacial score (nSPS) is 10.4. The first-order valence-corrected chi connectivity index (χ1v) is 7.69. The largest absolute Gasteiger partial charge is 0.489 e. The van der Waals surface area contributed by atoms with Gasteiger partial charge in [0.1, 0.15) is 12.4 Å². The summed E-state index contributed by atoms with van der Waals surface area (Å²) >= 11 is 0. The van der Waals surface area contributed by atoms with Crippen LogP contribution < -0.4 is 4.74 Å². The highest BCUT2D eigenvalue weighted by molar-refractivity contribution is 5.28. The van der Waals surface area contributed by atoms with E-state index in [2.05, 4.69) is 30.3 Å². The number of benzene rings is 3. The molecule has 0 unspecified atom stereocenters. The Morgan fingerprint density at radius 1 is 0.696 bits per heavy atom. The molecule has 2 nitrogen and oxygen atoms in total. The SMILES string of the molecule is [c]1ccc(OCc2ccccc2)cc1COCc1ccccc1. The standard InChI is InChI=1S/C21H19O2/c1-3-8-18(9-4-1)15-22-16-20-12-7-13-21(14-20)23-17-19-10-5-2-6-11-19/h1-11,13-14H,15-17H2. The summed E-state index contributed by atoms with van der Waals surface area (Å²) in [6.07, 6.45) is 0. The van der Waals surface area contributed by atoms with Crippen molar-refractivity contribution >= 4 is 0 Å². The molecule has 3 rings (SSSR count). The Morgan fingerprint density at radius 2 is 1.35 bits per heavy atom. The topological polar surface area (TPSA) is 18.5 Å². The van der Waals surface area contributed by atoms with Gasteiger partial charge < -0.3 is 9.47 Å². The van der Waals surface area contributed by atoms with Crippen molar-refractivity contribution < 1.29 is 9.47 Å². The Kier molecular flexibility index (Phi) is 5.43. The summed E-state index contributed by atoms with van der Waals surface area (Å²) in [5, 5.41) is 0. The van der Waals surface area contributed by atoms with E-state index in [1.807, 2.05) is 54.6 Å². The van der Waals surface area contributed by atoms with E-state index >= 15 is 0 Å². The van der Waals surface area contributed by atoms with Gasteiger partial charge in [0.2, 0.25) is 0 Å². The molecule has 115 valence electrons. The first kappa shape index (κ1) is 15.3. The van der Waals surface area contributed by atoms with E-state index in [0.29, 0.717) is 19.8 Å². The van der Waals surface area contributed by atoms with E-state index in [1.54, 1.807) is 0 Å². The summed E-state index contributed by atoms with van der Waals surface area (Å²) in [6.45, 7) is 1.69. The molecule has 0 saturated heterocycles. The van der Waals surface area contributed by atoms with E-state index < -0.39 is 0 Å². The molecule has 0 aromatic heterocycles. The van der Waals surface area contributed by atoms with E-state index in [9.17, 15) is 0 Å². The lowest BCUT2D eigenvalue weighted by Crippen LogP contribution is -1.97. The second-order valence-electron chi connectivity index (χ2n) is 5.30. The van der Waals surface area contributed by atoms with Crippen molar-refractivity contribution in [2.24, 2.45) is 0 Å². The maximum atomic E-state index is 5.82. The van der Waals surface area contributed by atoms with Gasteiger partial charge in [0.25, 0.3) is 0 Å². The van der Waals surface area contributed by atoms with Crippen LogP contribution in [0, 0.1) is 6.07 Å². The highest BCUT2D eigenvalue weighted by Crippen LogP contribution is 2.16. The van der Waals surface area contributed by atoms with Crippen molar-refractivity contribution in [1.29, 1.82) is 0 Å². The van der Waals surface area contributed by atoms with Gasteiger partial charge in [0.15, 0.2) is 0 Å². The molecule has 0 bridgehead atoms. The van der Waals surface area contributed by atoms with Crippen LogP contribution >= 0.6 is 0 Å². The molecule has 0 aliphatic heterocycles. The fraction of sp³-hybridized carbons (Fsp3) is 0.143. The number of hydrogen-bond donors (Lipinski definition) is 0. The smallest absolute Gasteiger partial charge is 0.120 e. The van der Waals surface area contributed by atoms with Crippen molar-refractivity contribution in [2.75, 3.05) is 0 Å². The molecule has 0 amide bonds. The molecule has 0 N–H and O–H groups in total. The van der Waals surface area contributed by atoms with Crippen LogP contribution in [0.1, 0.15) is 16.7 Å². The Morgan fingerprint density at radius 3 is 2.04 bits per heavy atom. The maximum Gasteiger partial charge on any atom is 0.120 e. The summed E-state index contributed by atoms with van der Waals surface area (Å²) in [5.74, 6) is 0.839. The van der Waals surface area contributed by atoms with Gasteiger partial charge in [-0.1, -0.05) is 66.7 Å². The maximum absolute atomic E-state index is 5.82. The van der Waals surface area contributed by atoms with Crippen molar-refractivity contribution in [3.8, 4) is 5.75 Å². The minimum absolute atomic E-state index is 0.525. The summed E-state index contributed by atoms with van der Waals surface area (Å²) in [5.41, 5.74) is 3.32. The highest BCUT2D eigenvalue weighted by Gasteiger charge is 2.00. The van der Waals surface area contributed by atoms with Gasteiger partial charge in [-0.25, -0.2) is 0 Å². The van der Waals surface area contributed by atoms with Crippen LogP contribution in [-0.2, 0) is 24.6 Å². The number of rotatable bonds is 7. The summed E-state index contributed by atoms with van der Waals surface area (Å²) in [7, 11) is 0. The van der Waals surface area contributed by atoms with Gasteiger partial charge in [-0.05, 0) is 34.9 Å². The van der Waals surface area contributed by atoms with Crippen LogP contribution in [0.25, 0.3) is 0 Å². The molecule has 1 radical (unpaired) electrons. The zero-order valence-electron chi connectivity index (χ0n) is 12.9. The monoisotopic (exact) mass is 303 g/mol. The predicted octanol–water partition coefficient (Wildman–Crippen LogP) is 4.78. The van der Waals surface area contributed by atoms with Crippen LogP contribution in [0.5, 0.6) is 5.75 Å². The molecular formula is C21H19O2. The Hall–Kier alpha value is -2.58. The van der Waals surface area contributed by atoms with Crippen LogP contribution in [0.4, 0.5) is 0 Å². The lowest BCUT2D eigenvalue weighted by molar-refractivity contribution is 0.107. The first-order valence-electron chi connectivity index (χ1n) is 7.69. The third kappa shape index (κ3) is 4.97. The molecule has 0 saturated carbocycles. The lowest BCUT2D eigenvalue weighted by Gasteiger charge is -2.09. The van der Waals surface area contributed by atoms with Crippen molar-refractivity contribution in [1.82, 2.24) is 0 Å². The molecule has 0 atom stereocenters. The van der Waals surface area contributed by atoms with Gasteiger partial charge in [-0.15, -0.1) is 0 Å². The van der Waals surface area contributed by atoms with E-state index in [4.69, 9.17) is 9.47 Å². The molecule has 2 heteroatoms. The van der Waals surface area contributed by atoms with Gasteiger partial charge in [-0.2, -0.15) is 0 Å². The minimum Gasteiger partial charge on any atom is -0.489 e. The van der Waals surface area contributed by atoms with Crippen LogP contribution in [-0.4, -0.2) is 0 Å². The molecule has 0 aliphatic rings. The second kappa shape index (κ2) is 8.16. The van der Waals surface area contributed by atoms with Crippen LogP contribution in [0.3, 0.4) is 0 Å². The van der Waals surface area contributed by atoms with Crippen LogP contribution in [0.2, 0.25) is 0 Å². The van der Waals surface area contributed by atoms with Gasteiger partial charge in [0.05, 0.1) is 13.2 Å². The van der Waals surface area contributed by atoms with E-state index in [1.165, 1.54) is 5.56 Å². The van der Waals surface area contributed by atoms with E-state index in [-0.39, 0.29) is 0 Å². The van der Waals surface area contributed by atoms with E-state index in [0.717, 1.165) is 16.9 Å². The summed E-state index contributed by atoms with van der Waals surface area (Å²) in [4.78, 5) is 0. The molecule has 0 heterocycles. The molecule has 3 aromatic rings. The average molecular weight is 303 g/mol. The molecule has 0 aliphatic carbocycles. The number of ether oxygens (including phenoxy) is 2. The highest BCUT2D eigenvalue weighted by atomic mass is 16.5. The summed E-state index contributed by atoms with van der Waals surface area (Å²) in [6, 6.07) is 29.3. The first-order chi connectivity index (χ1) is 11.4. The van der Waals surface area contributed by atoms with Crippen molar-refractivity contribution in [3.63, 3.8) is 0 Å². The molecule has 0 spiro atoms. The molecule has 0 fully saturated rings. The fourth-order valence-corrected chi connectivity index (χ4v) is 2.26. The third-order valence-electron chi connectivity index (χ3n) is 3.45. The van der Waals surface area contributed by atoms with Gasteiger partial charge in [-0.3, -0.25) is 0 Å². The molecule has 3 aromatic carbocycles. The lowest BCUT2D eigenvalue weighted by atomic mass is 10.2. The third-order valence-corrected chi connectivity index (χ3v) is 3.45. The second-order valence-corrected chi connectivity index (χ2v) is 5.30. The zero-order chi connectivity index (χ0) is 15.7. The van der Waals surface area contributed by atoms with Gasteiger partial charge >= 0.3 is 0 Å². The number of hydrogen-bond acceptors (Lipinski definition) is 2. The van der Waals surface area contributed by atoms with Crippen molar-refractivity contribution in [2.45, 2.75) is 19.8 Å². The average Bonchev–Trinajstić information content (AvgIpc) is 2.62. The predicted molar refractivity (Wildman–Crippen MR) is 91.0 cm³/mol. The molecular weight excluding hydrogens is 284 g/mol.